The Labute approximate surface area is 143 Å². The van der Waals surface area contributed by atoms with Crippen molar-refractivity contribution in [1.82, 2.24) is 4.90 Å². The number of rotatable bonds is 5. The zero-order chi connectivity index (χ0) is 16.8. The number of anilines is 1. The van der Waals surface area contributed by atoms with Crippen LogP contribution in [0.3, 0.4) is 0 Å². The maximum Gasteiger partial charge on any atom is 0.242 e. The number of morpholine rings is 1. The van der Waals surface area contributed by atoms with E-state index in [1.165, 1.54) is 5.56 Å². The highest BCUT2D eigenvalue weighted by molar-refractivity contribution is 5.81. The number of carbonyl (C=O) groups is 1. The molecule has 2 aromatic carbocycles. The van der Waals surface area contributed by atoms with Gasteiger partial charge in [-0.05, 0) is 24.6 Å². The molecule has 0 bridgehead atoms. The van der Waals surface area contributed by atoms with Crippen LogP contribution in [0.4, 0.5) is 5.69 Å². The van der Waals surface area contributed by atoms with Crippen LogP contribution >= 0.6 is 0 Å². The second-order valence-electron chi connectivity index (χ2n) is 6.20. The van der Waals surface area contributed by atoms with Gasteiger partial charge in [-0.3, -0.25) is 4.79 Å². The van der Waals surface area contributed by atoms with Crippen molar-refractivity contribution in [3.8, 4) is 0 Å². The third-order valence-electron chi connectivity index (χ3n) is 4.26. The van der Waals surface area contributed by atoms with E-state index in [0.29, 0.717) is 26.2 Å². The molecule has 3 rings (SSSR count). The van der Waals surface area contributed by atoms with Gasteiger partial charge in [-0.25, -0.2) is 0 Å². The van der Waals surface area contributed by atoms with Crippen molar-refractivity contribution in [1.29, 1.82) is 0 Å². The summed E-state index contributed by atoms with van der Waals surface area (Å²) in [5.41, 5.74) is 2.26. The number of amides is 1. The van der Waals surface area contributed by atoms with Crippen LogP contribution in [-0.4, -0.2) is 43.2 Å². The van der Waals surface area contributed by atoms with E-state index in [1.807, 2.05) is 48.2 Å². The first-order chi connectivity index (χ1) is 11.7. The molecule has 1 atom stereocenters. The van der Waals surface area contributed by atoms with Crippen LogP contribution in [0.1, 0.15) is 12.5 Å². The summed E-state index contributed by atoms with van der Waals surface area (Å²) in [6.45, 7) is 5.08. The lowest BCUT2D eigenvalue weighted by atomic mass is 10.2. The predicted octanol–water partition coefficient (Wildman–Crippen LogP) is 2.94. The minimum Gasteiger partial charge on any atom is -0.375 e. The SMILES string of the molecule is CC1CN(C(=O)CN(Cc2ccccc2)c2ccccc2)CCO1. The van der Waals surface area contributed by atoms with Crippen molar-refractivity contribution < 1.29 is 9.53 Å². The molecule has 4 heteroatoms. The van der Waals surface area contributed by atoms with Crippen LogP contribution < -0.4 is 4.90 Å². The van der Waals surface area contributed by atoms with Crippen LogP contribution in [-0.2, 0) is 16.1 Å². The maximum atomic E-state index is 12.7. The Bertz CT molecular complexity index is 645. The summed E-state index contributed by atoms with van der Waals surface area (Å²) in [6, 6.07) is 20.4. The topological polar surface area (TPSA) is 32.8 Å². The van der Waals surface area contributed by atoms with Crippen molar-refractivity contribution in [2.45, 2.75) is 19.6 Å². The Morgan fingerprint density at radius 3 is 2.46 bits per heavy atom. The summed E-state index contributed by atoms with van der Waals surface area (Å²) >= 11 is 0. The molecule has 126 valence electrons. The molecule has 0 aliphatic carbocycles. The second-order valence-corrected chi connectivity index (χ2v) is 6.20. The summed E-state index contributed by atoms with van der Waals surface area (Å²) < 4.78 is 5.54. The predicted molar refractivity (Wildman–Crippen MR) is 95.9 cm³/mol. The van der Waals surface area contributed by atoms with Crippen molar-refractivity contribution in [2.75, 3.05) is 31.1 Å². The van der Waals surface area contributed by atoms with Gasteiger partial charge in [0.1, 0.15) is 0 Å². The van der Waals surface area contributed by atoms with E-state index in [1.54, 1.807) is 0 Å². The Hall–Kier alpha value is -2.33. The molecule has 4 nitrogen and oxygen atoms in total. The average molecular weight is 324 g/mol. The molecular weight excluding hydrogens is 300 g/mol. The van der Waals surface area contributed by atoms with Gasteiger partial charge in [0.05, 0.1) is 19.3 Å². The Morgan fingerprint density at radius 2 is 1.79 bits per heavy atom. The molecule has 1 aliphatic rings. The van der Waals surface area contributed by atoms with Crippen LogP contribution in [0.15, 0.2) is 60.7 Å². The average Bonchev–Trinajstić information content (AvgIpc) is 2.63. The monoisotopic (exact) mass is 324 g/mol. The normalized spacial score (nSPS) is 17.5. The van der Waals surface area contributed by atoms with Crippen molar-refractivity contribution in [3.05, 3.63) is 66.2 Å². The quantitative estimate of drug-likeness (QED) is 0.848. The van der Waals surface area contributed by atoms with E-state index in [9.17, 15) is 4.79 Å². The molecule has 0 spiro atoms. The fourth-order valence-electron chi connectivity index (χ4n) is 2.99. The van der Waals surface area contributed by atoms with Gasteiger partial charge in [-0.1, -0.05) is 48.5 Å². The zero-order valence-electron chi connectivity index (χ0n) is 14.1. The number of para-hydroxylation sites is 1. The smallest absolute Gasteiger partial charge is 0.242 e. The van der Waals surface area contributed by atoms with Crippen LogP contribution in [0.25, 0.3) is 0 Å². The lowest BCUT2D eigenvalue weighted by molar-refractivity contribution is -0.136. The van der Waals surface area contributed by atoms with Gasteiger partial charge < -0.3 is 14.5 Å². The van der Waals surface area contributed by atoms with Crippen LogP contribution in [0.5, 0.6) is 0 Å². The highest BCUT2D eigenvalue weighted by atomic mass is 16.5. The first-order valence-corrected chi connectivity index (χ1v) is 8.45. The molecule has 24 heavy (non-hydrogen) atoms. The summed E-state index contributed by atoms with van der Waals surface area (Å²) in [4.78, 5) is 16.8. The molecule has 0 radical (unpaired) electrons. The van der Waals surface area contributed by atoms with Crippen molar-refractivity contribution in [2.24, 2.45) is 0 Å². The molecular formula is C20H24N2O2. The van der Waals surface area contributed by atoms with Crippen LogP contribution in [0.2, 0.25) is 0 Å². The van der Waals surface area contributed by atoms with Gasteiger partial charge in [0.25, 0.3) is 0 Å². The van der Waals surface area contributed by atoms with Gasteiger partial charge in [0.15, 0.2) is 0 Å². The highest BCUT2D eigenvalue weighted by Crippen LogP contribution is 2.17. The van der Waals surface area contributed by atoms with Gasteiger partial charge in [0.2, 0.25) is 5.91 Å². The molecule has 0 aromatic heterocycles. The molecule has 0 N–H and O–H groups in total. The Balaban J connectivity index is 1.73. The van der Waals surface area contributed by atoms with Gasteiger partial charge >= 0.3 is 0 Å². The fourth-order valence-corrected chi connectivity index (χ4v) is 2.99. The molecule has 2 aromatic rings. The lowest BCUT2D eigenvalue weighted by Crippen LogP contribution is -2.48. The number of carbonyl (C=O) groups excluding carboxylic acids is 1. The minimum absolute atomic E-state index is 0.113. The minimum atomic E-state index is 0.113. The number of hydrogen-bond donors (Lipinski definition) is 0. The number of hydrogen-bond acceptors (Lipinski definition) is 3. The van der Waals surface area contributed by atoms with Crippen molar-refractivity contribution in [3.63, 3.8) is 0 Å². The van der Waals surface area contributed by atoms with Gasteiger partial charge in [0, 0.05) is 25.3 Å². The fraction of sp³-hybridized carbons (Fsp3) is 0.350. The first-order valence-electron chi connectivity index (χ1n) is 8.45. The third kappa shape index (κ3) is 4.36. The molecule has 1 aliphatic heterocycles. The summed E-state index contributed by atoms with van der Waals surface area (Å²) in [7, 11) is 0. The van der Waals surface area contributed by atoms with E-state index in [2.05, 4.69) is 29.2 Å². The summed E-state index contributed by atoms with van der Waals surface area (Å²) in [5, 5.41) is 0. The molecule has 1 fully saturated rings. The van der Waals surface area contributed by atoms with E-state index in [0.717, 1.165) is 12.2 Å². The molecule has 1 saturated heterocycles. The maximum absolute atomic E-state index is 12.7. The van der Waals surface area contributed by atoms with Gasteiger partial charge in [-0.2, -0.15) is 0 Å². The lowest BCUT2D eigenvalue weighted by Gasteiger charge is -2.33. The zero-order valence-corrected chi connectivity index (χ0v) is 14.1. The third-order valence-corrected chi connectivity index (χ3v) is 4.26. The Kier molecular flexibility index (Phi) is 5.49. The van der Waals surface area contributed by atoms with E-state index in [4.69, 9.17) is 4.74 Å². The van der Waals surface area contributed by atoms with Crippen molar-refractivity contribution >= 4 is 11.6 Å². The van der Waals surface area contributed by atoms with E-state index >= 15 is 0 Å². The molecule has 1 heterocycles. The Morgan fingerprint density at radius 1 is 1.12 bits per heavy atom. The van der Waals surface area contributed by atoms with E-state index in [-0.39, 0.29) is 12.0 Å². The number of benzene rings is 2. The molecule has 0 saturated carbocycles. The number of ether oxygens (including phenoxy) is 1. The summed E-state index contributed by atoms with van der Waals surface area (Å²) in [6.07, 6.45) is 0.113. The number of nitrogens with zero attached hydrogens (tertiary/aromatic N) is 2. The standard InChI is InChI=1S/C20H24N2O2/c1-17-14-21(12-13-24-17)20(23)16-22(19-10-6-3-7-11-19)15-18-8-4-2-5-9-18/h2-11,17H,12-16H2,1H3. The highest BCUT2D eigenvalue weighted by Gasteiger charge is 2.23. The van der Waals surface area contributed by atoms with Crippen LogP contribution in [0, 0.1) is 0 Å². The van der Waals surface area contributed by atoms with E-state index < -0.39 is 0 Å². The first kappa shape index (κ1) is 16.5. The van der Waals surface area contributed by atoms with Gasteiger partial charge in [-0.15, -0.1) is 0 Å². The summed E-state index contributed by atoms with van der Waals surface area (Å²) in [5.74, 6) is 0.157. The second kappa shape index (κ2) is 7.97. The largest absolute Gasteiger partial charge is 0.375 e. The molecule has 1 amide bonds. The molecule has 1 unspecified atom stereocenters.